The number of rotatable bonds is 6. The first-order valence-electron chi connectivity index (χ1n) is 10.4. The zero-order valence-electron chi connectivity index (χ0n) is 15.7. The topological polar surface area (TPSA) is 63.1 Å². The molecular formula is C20H31N5O. The van der Waals surface area contributed by atoms with Crippen LogP contribution in [-0.2, 0) is 24.2 Å². The standard InChI is InChI=1S/C20H31N5O/c26-20(17-7-4-8-17)21-11-9-18-22-23-19-10-12-24(13-14-25(18)19)15-16-5-2-1-3-6-16/h1-2,16-17H,3-15H2,(H,21,26). The maximum absolute atomic E-state index is 12.0. The second-order valence-corrected chi connectivity index (χ2v) is 8.05. The molecule has 1 atom stereocenters. The van der Waals surface area contributed by atoms with Gasteiger partial charge in [-0.1, -0.05) is 18.6 Å². The predicted molar refractivity (Wildman–Crippen MR) is 101 cm³/mol. The van der Waals surface area contributed by atoms with Crippen LogP contribution < -0.4 is 5.32 Å². The Labute approximate surface area is 156 Å². The minimum atomic E-state index is 0.222. The summed E-state index contributed by atoms with van der Waals surface area (Å²) >= 11 is 0. The van der Waals surface area contributed by atoms with E-state index in [2.05, 4.69) is 37.1 Å². The van der Waals surface area contributed by atoms with Gasteiger partial charge in [-0.05, 0) is 38.0 Å². The van der Waals surface area contributed by atoms with Crippen LogP contribution in [0.5, 0.6) is 0 Å². The van der Waals surface area contributed by atoms with Crippen molar-refractivity contribution in [1.29, 1.82) is 0 Å². The molecule has 1 aromatic rings. The van der Waals surface area contributed by atoms with E-state index < -0.39 is 0 Å². The van der Waals surface area contributed by atoms with Gasteiger partial charge in [-0.25, -0.2) is 0 Å². The van der Waals surface area contributed by atoms with E-state index in [1.807, 2.05) is 0 Å². The average Bonchev–Trinajstić information content (AvgIpc) is 2.87. The normalized spacial score (nSPS) is 23.9. The quantitative estimate of drug-likeness (QED) is 0.791. The summed E-state index contributed by atoms with van der Waals surface area (Å²) in [5.41, 5.74) is 0. The fourth-order valence-electron chi connectivity index (χ4n) is 4.29. The summed E-state index contributed by atoms with van der Waals surface area (Å²) < 4.78 is 2.29. The van der Waals surface area contributed by atoms with E-state index in [0.29, 0.717) is 6.54 Å². The Morgan fingerprint density at radius 3 is 2.85 bits per heavy atom. The highest BCUT2D eigenvalue weighted by Gasteiger charge is 2.25. The molecule has 0 bridgehead atoms. The Bertz CT molecular complexity index is 649. The highest BCUT2D eigenvalue weighted by molar-refractivity contribution is 5.79. The Morgan fingerprint density at radius 1 is 1.15 bits per heavy atom. The van der Waals surface area contributed by atoms with Gasteiger partial charge in [0.2, 0.25) is 5.91 Å². The van der Waals surface area contributed by atoms with Crippen LogP contribution in [0.2, 0.25) is 0 Å². The molecule has 2 heterocycles. The summed E-state index contributed by atoms with van der Waals surface area (Å²) in [6.45, 7) is 5.00. The van der Waals surface area contributed by atoms with Crippen molar-refractivity contribution in [1.82, 2.24) is 25.0 Å². The molecule has 4 rings (SSSR count). The molecule has 6 heteroatoms. The number of nitrogens with one attached hydrogen (secondary N) is 1. The summed E-state index contributed by atoms with van der Waals surface area (Å²) in [6, 6.07) is 0. The van der Waals surface area contributed by atoms with Crippen molar-refractivity contribution in [3.63, 3.8) is 0 Å². The maximum Gasteiger partial charge on any atom is 0.223 e. The van der Waals surface area contributed by atoms with Gasteiger partial charge in [-0.3, -0.25) is 4.79 Å². The molecule has 26 heavy (non-hydrogen) atoms. The lowest BCUT2D eigenvalue weighted by Crippen LogP contribution is -2.36. The van der Waals surface area contributed by atoms with Gasteiger partial charge in [0.05, 0.1) is 0 Å². The van der Waals surface area contributed by atoms with Crippen molar-refractivity contribution < 1.29 is 4.79 Å². The molecule has 1 saturated carbocycles. The molecule has 1 fully saturated rings. The molecule has 3 aliphatic rings. The number of fused-ring (bicyclic) bond motifs is 1. The average molecular weight is 358 g/mol. The van der Waals surface area contributed by atoms with Crippen LogP contribution in [0, 0.1) is 11.8 Å². The molecule has 1 N–H and O–H groups in total. The molecule has 6 nitrogen and oxygen atoms in total. The zero-order chi connectivity index (χ0) is 17.8. The first kappa shape index (κ1) is 17.7. The summed E-state index contributed by atoms with van der Waals surface area (Å²) in [5, 5.41) is 11.9. The van der Waals surface area contributed by atoms with Crippen LogP contribution in [0.4, 0.5) is 0 Å². The van der Waals surface area contributed by atoms with Gasteiger partial charge in [0.25, 0.3) is 0 Å². The highest BCUT2D eigenvalue weighted by Crippen LogP contribution is 2.26. The molecule has 1 aromatic heterocycles. The first-order valence-corrected chi connectivity index (χ1v) is 10.4. The van der Waals surface area contributed by atoms with Gasteiger partial charge in [-0.2, -0.15) is 0 Å². The number of carbonyl (C=O) groups is 1. The van der Waals surface area contributed by atoms with Crippen LogP contribution in [0.15, 0.2) is 12.2 Å². The second-order valence-electron chi connectivity index (χ2n) is 8.05. The molecule has 1 amide bonds. The molecular weight excluding hydrogens is 326 g/mol. The van der Waals surface area contributed by atoms with Crippen LogP contribution in [0.1, 0.15) is 50.2 Å². The van der Waals surface area contributed by atoms with Crippen molar-refractivity contribution in [2.75, 3.05) is 26.2 Å². The number of amides is 1. The van der Waals surface area contributed by atoms with Crippen molar-refractivity contribution in [2.24, 2.45) is 11.8 Å². The summed E-state index contributed by atoms with van der Waals surface area (Å²) in [6.07, 6.45) is 13.5. The molecule has 2 aliphatic carbocycles. The molecule has 0 aromatic carbocycles. The fraction of sp³-hybridized carbons (Fsp3) is 0.750. The van der Waals surface area contributed by atoms with Crippen LogP contribution in [0.25, 0.3) is 0 Å². The van der Waals surface area contributed by atoms with E-state index in [0.717, 1.165) is 62.9 Å². The van der Waals surface area contributed by atoms with Crippen LogP contribution in [0.3, 0.4) is 0 Å². The number of nitrogens with zero attached hydrogens (tertiary/aromatic N) is 4. The lowest BCUT2D eigenvalue weighted by molar-refractivity contribution is -0.127. The van der Waals surface area contributed by atoms with E-state index in [4.69, 9.17) is 0 Å². The lowest BCUT2D eigenvalue weighted by Gasteiger charge is -2.26. The van der Waals surface area contributed by atoms with Crippen LogP contribution in [-0.4, -0.2) is 51.8 Å². The molecule has 0 spiro atoms. The van der Waals surface area contributed by atoms with E-state index in [1.165, 1.54) is 32.2 Å². The van der Waals surface area contributed by atoms with Gasteiger partial charge in [-0.15, -0.1) is 10.2 Å². The SMILES string of the molecule is O=C(NCCc1nnc2n1CCN(CC1CC=CCC1)CC2)C1CCC1. The van der Waals surface area contributed by atoms with Gasteiger partial charge in [0.15, 0.2) is 0 Å². The second kappa shape index (κ2) is 8.33. The van der Waals surface area contributed by atoms with Crippen molar-refractivity contribution in [2.45, 2.75) is 57.9 Å². The molecule has 1 aliphatic heterocycles. The Balaban J connectivity index is 1.27. The van der Waals surface area contributed by atoms with Crippen molar-refractivity contribution >= 4 is 5.91 Å². The zero-order valence-corrected chi connectivity index (χ0v) is 15.7. The lowest BCUT2D eigenvalue weighted by atomic mass is 9.85. The monoisotopic (exact) mass is 357 g/mol. The van der Waals surface area contributed by atoms with Gasteiger partial charge >= 0.3 is 0 Å². The van der Waals surface area contributed by atoms with E-state index in [9.17, 15) is 4.79 Å². The summed E-state index contributed by atoms with van der Waals surface area (Å²) in [7, 11) is 0. The number of carbonyl (C=O) groups excluding carboxylic acids is 1. The minimum Gasteiger partial charge on any atom is -0.355 e. The third-order valence-electron chi connectivity index (χ3n) is 6.21. The van der Waals surface area contributed by atoms with Gasteiger partial charge < -0.3 is 14.8 Å². The molecule has 1 unspecified atom stereocenters. The first-order chi connectivity index (χ1) is 12.8. The third kappa shape index (κ3) is 4.17. The smallest absolute Gasteiger partial charge is 0.223 e. The van der Waals surface area contributed by atoms with E-state index in [-0.39, 0.29) is 11.8 Å². The number of allylic oxidation sites excluding steroid dienone is 2. The Morgan fingerprint density at radius 2 is 2.08 bits per heavy atom. The Kier molecular flexibility index (Phi) is 5.68. The van der Waals surface area contributed by atoms with Crippen molar-refractivity contribution in [3.05, 3.63) is 23.8 Å². The number of hydrogen-bond acceptors (Lipinski definition) is 4. The number of hydrogen-bond donors (Lipinski definition) is 1. The largest absolute Gasteiger partial charge is 0.355 e. The molecule has 0 saturated heterocycles. The van der Waals surface area contributed by atoms with Gasteiger partial charge in [0, 0.05) is 51.5 Å². The molecule has 0 radical (unpaired) electrons. The maximum atomic E-state index is 12.0. The third-order valence-corrected chi connectivity index (χ3v) is 6.21. The Hall–Kier alpha value is -1.69. The minimum absolute atomic E-state index is 0.222. The van der Waals surface area contributed by atoms with Crippen molar-refractivity contribution in [3.8, 4) is 0 Å². The van der Waals surface area contributed by atoms with Crippen LogP contribution >= 0.6 is 0 Å². The van der Waals surface area contributed by atoms with E-state index >= 15 is 0 Å². The summed E-state index contributed by atoms with van der Waals surface area (Å²) in [4.78, 5) is 14.6. The van der Waals surface area contributed by atoms with E-state index in [1.54, 1.807) is 0 Å². The number of aromatic nitrogens is 3. The fourth-order valence-corrected chi connectivity index (χ4v) is 4.29. The van der Waals surface area contributed by atoms with Gasteiger partial charge in [0.1, 0.15) is 11.6 Å². The predicted octanol–water partition coefficient (Wildman–Crippen LogP) is 1.95. The summed E-state index contributed by atoms with van der Waals surface area (Å²) in [5.74, 6) is 3.42. The molecule has 142 valence electrons. The highest BCUT2D eigenvalue weighted by atomic mass is 16.1.